The second kappa shape index (κ2) is 13.3. The monoisotopic (exact) mass is 422 g/mol. The molecule has 31 heavy (non-hydrogen) atoms. The molecule has 0 heterocycles. The SMILES string of the molecule is C=CCOc1ccc(C(=O)C=Cc2ccc(OCCCC)c(OCCCC)c2C)cc1. The number of carbonyl (C=O) groups excluding carboxylic acids is 1. The van der Waals surface area contributed by atoms with Gasteiger partial charge in [-0.1, -0.05) is 51.5 Å². The second-order valence-electron chi connectivity index (χ2n) is 7.33. The number of hydrogen-bond donors (Lipinski definition) is 0. The molecule has 0 aliphatic heterocycles. The average molecular weight is 423 g/mol. The summed E-state index contributed by atoms with van der Waals surface area (Å²) in [7, 11) is 0. The molecule has 0 fully saturated rings. The normalized spacial score (nSPS) is 10.8. The van der Waals surface area contributed by atoms with Crippen LogP contribution in [0.5, 0.6) is 17.2 Å². The van der Waals surface area contributed by atoms with E-state index in [4.69, 9.17) is 14.2 Å². The Morgan fingerprint density at radius 3 is 2.26 bits per heavy atom. The van der Waals surface area contributed by atoms with E-state index in [2.05, 4.69) is 20.4 Å². The van der Waals surface area contributed by atoms with Crippen LogP contribution >= 0.6 is 0 Å². The number of carbonyl (C=O) groups is 1. The Kier molecular flexibility index (Phi) is 10.4. The molecule has 0 N–H and O–H groups in total. The van der Waals surface area contributed by atoms with Gasteiger partial charge in [0.1, 0.15) is 12.4 Å². The minimum atomic E-state index is -0.0635. The van der Waals surface area contributed by atoms with Crippen molar-refractivity contribution in [2.75, 3.05) is 19.8 Å². The largest absolute Gasteiger partial charge is 0.490 e. The molecule has 2 rings (SSSR count). The maximum Gasteiger partial charge on any atom is 0.185 e. The van der Waals surface area contributed by atoms with Gasteiger partial charge in [0.05, 0.1) is 13.2 Å². The second-order valence-corrected chi connectivity index (χ2v) is 7.33. The third-order valence-electron chi connectivity index (χ3n) is 4.83. The lowest BCUT2D eigenvalue weighted by molar-refractivity contribution is 0.104. The highest BCUT2D eigenvalue weighted by Crippen LogP contribution is 2.34. The van der Waals surface area contributed by atoms with Crippen LogP contribution in [0.25, 0.3) is 6.08 Å². The van der Waals surface area contributed by atoms with Crippen LogP contribution in [-0.4, -0.2) is 25.6 Å². The van der Waals surface area contributed by atoms with Gasteiger partial charge in [-0.05, 0) is 61.7 Å². The van der Waals surface area contributed by atoms with Crippen LogP contribution in [0.2, 0.25) is 0 Å². The van der Waals surface area contributed by atoms with Gasteiger partial charge in [-0.2, -0.15) is 0 Å². The molecular weight excluding hydrogens is 388 g/mol. The van der Waals surface area contributed by atoms with E-state index < -0.39 is 0 Å². The van der Waals surface area contributed by atoms with Crippen molar-refractivity contribution in [3.8, 4) is 17.2 Å². The maximum absolute atomic E-state index is 12.6. The molecule has 0 aromatic heterocycles. The summed E-state index contributed by atoms with van der Waals surface area (Å²) in [5.41, 5.74) is 2.52. The summed E-state index contributed by atoms with van der Waals surface area (Å²) in [6.07, 6.45) is 9.24. The molecule has 2 aromatic carbocycles. The highest BCUT2D eigenvalue weighted by atomic mass is 16.5. The van der Waals surface area contributed by atoms with Crippen LogP contribution in [-0.2, 0) is 0 Å². The Labute approximate surface area is 186 Å². The molecule has 166 valence electrons. The summed E-state index contributed by atoms with van der Waals surface area (Å²) in [6, 6.07) is 11.0. The lowest BCUT2D eigenvalue weighted by Crippen LogP contribution is -2.04. The van der Waals surface area contributed by atoms with Crippen molar-refractivity contribution in [2.45, 2.75) is 46.5 Å². The zero-order valence-electron chi connectivity index (χ0n) is 19.0. The smallest absolute Gasteiger partial charge is 0.185 e. The number of benzene rings is 2. The van der Waals surface area contributed by atoms with Gasteiger partial charge >= 0.3 is 0 Å². The Balaban J connectivity index is 2.16. The molecule has 0 saturated heterocycles. The first-order chi connectivity index (χ1) is 15.1. The molecule has 0 unspecified atom stereocenters. The summed E-state index contributed by atoms with van der Waals surface area (Å²) in [6.45, 7) is 11.7. The van der Waals surface area contributed by atoms with E-state index in [0.29, 0.717) is 31.1 Å². The van der Waals surface area contributed by atoms with Crippen LogP contribution in [0.15, 0.2) is 55.1 Å². The number of ketones is 1. The first kappa shape index (κ1) is 24.3. The molecule has 0 aliphatic carbocycles. The number of unbranched alkanes of at least 4 members (excludes halogenated alkanes) is 2. The van der Waals surface area contributed by atoms with Crippen molar-refractivity contribution in [3.05, 3.63) is 71.8 Å². The van der Waals surface area contributed by atoms with E-state index in [1.807, 2.05) is 25.1 Å². The Bertz CT molecular complexity index is 866. The predicted octanol–water partition coefficient (Wildman–Crippen LogP) is 6.81. The fourth-order valence-corrected chi connectivity index (χ4v) is 2.93. The van der Waals surface area contributed by atoms with Gasteiger partial charge in [-0.25, -0.2) is 0 Å². The summed E-state index contributed by atoms with van der Waals surface area (Å²) in [5, 5.41) is 0. The van der Waals surface area contributed by atoms with E-state index in [1.165, 1.54) is 0 Å². The van der Waals surface area contributed by atoms with Gasteiger partial charge < -0.3 is 14.2 Å². The van der Waals surface area contributed by atoms with Crippen LogP contribution in [0.4, 0.5) is 0 Å². The van der Waals surface area contributed by atoms with Gasteiger partial charge in [-0.3, -0.25) is 4.79 Å². The summed E-state index contributed by atoms with van der Waals surface area (Å²) < 4.78 is 17.5. The third kappa shape index (κ3) is 7.63. The molecule has 0 bridgehead atoms. The minimum absolute atomic E-state index is 0.0635. The molecule has 0 aliphatic rings. The number of ether oxygens (including phenoxy) is 3. The lowest BCUT2D eigenvalue weighted by atomic mass is 10.0. The molecule has 4 nitrogen and oxygen atoms in total. The van der Waals surface area contributed by atoms with Crippen molar-refractivity contribution >= 4 is 11.9 Å². The van der Waals surface area contributed by atoms with Crippen molar-refractivity contribution in [1.82, 2.24) is 0 Å². The molecule has 0 radical (unpaired) electrons. The summed E-state index contributed by atoms with van der Waals surface area (Å²) in [5.74, 6) is 2.18. The topological polar surface area (TPSA) is 44.8 Å². The Morgan fingerprint density at radius 2 is 1.61 bits per heavy atom. The molecule has 2 aromatic rings. The van der Waals surface area contributed by atoms with Crippen LogP contribution in [0.3, 0.4) is 0 Å². The van der Waals surface area contributed by atoms with Gasteiger partial charge in [0.2, 0.25) is 0 Å². The van der Waals surface area contributed by atoms with Gasteiger partial charge in [0.25, 0.3) is 0 Å². The molecule has 0 amide bonds. The molecular formula is C27H34O4. The van der Waals surface area contributed by atoms with Crippen LogP contribution in [0, 0.1) is 6.92 Å². The summed E-state index contributed by atoms with van der Waals surface area (Å²) >= 11 is 0. The molecule has 4 heteroatoms. The van der Waals surface area contributed by atoms with Crippen molar-refractivity contribution in [1.29, 1.82) is 0 Å². The van der Waals surface area contributed by atoms with Crippen molar-refractivity contribution in [3.63, 3.8) is 0 Å². The van der Waals surface area contributed by atoms with E-state index in [0.717, 1.165) is 48.3 Å². The van der Waals surface area contributed by atoms with Crippen molar-refractivity contribution in [2.24, 2.45) is 0 Å². The zero-order valence-corrected chi connectivity index (χ0v) is 19.0. The van der Waals surface area contributed by atoms with Gasteiger partial charge in [0.15, 0.2) is 17.3 Å². The van der Waals surface area contributed by atoms with E-state index in [-0.39, 0.29) is 5.78 Å². The number of rotatable bonds is 14. The van der Waals surface area contributed by atoms with E-state index >= 15 is 0 Å². The van der Waals surface area contributed by atoms with Crippen LogP contribution in [0.1, 0.15) is 61.0 Å². The quantitative estimate of drug-likeness (QED) is 0.145. The van der Waals surface area contributed by atoms with Crippen LogP contribution < -0.4 is 14.2 Å². The zero-order chi connectivity index (χ0) is 22.5. The van der Waals surface area contributed by atoms with Crippen molar-refractivity contribution < 1.29 is 19.0 Å². The predicted molar refractivity (Wildman–Crippen MR) is 127 cm³/mol. The lowest BCUT2D eigenvalue weighted by Gasteiger charge is -2.16. The minimum Gasteiger partial charge on any atom is -0.490 e. The number of allylic oxidation sites excluding steroid dienone is 1. The average Bonchev–Trinajstić information content (AvgIpc) is 2.79. The molecule has 0 spiro atoms. The highest BCUT2D eigenvalue weighted by Gasteiger charge is 2.12. The summed E-state index contributed by atoms with van der Waals surface area (Å²) in [4.78, 5) is 12.6. The highest BCUT2D eigenvalue weighted by molar-refractivity contribution is 6.07. The van der Waals surface area contributed by atoms with E-state index in [1.54, 1.807) is 36.4 Å². The van der Waals surface area contributed by atoms with Gasteiger partial charge in [-0.15, -0.1) is 0 Å². The standard InChI is InChI=1S/C27H34O4/c1-5-8-19-30-26-17-13-22(21(4)27(26)31-20-9-6-2)12-16-25(28)23-10-14-24(15-11-23)29-18-7-3/h7,10-17H,3,5-6,8-9,18-20H2,1-2,4H3. The third-order valence-corrected chi connectivity index (χ3v) is 4.83. The first-order valence-corrected chi connectivity index (χ1v) is 11.1. The Hall–Kier alpha value is -3.01. The molecule has 0 atom stereocenters. The maximum atomic E-state index is 12.6. The Morgan fingerprint density at radius 1 is 0.935 bits per heavy atom. The molecule has 0 saturated carbocycles. The first-order valence-electron chi connectivity index (χ1n) is 11.1. The fraction of sp³-hybridized carbons (Fsp3) is 0.370. The fourth-order valence-electron chi connectivity index (χ4n) is 2.93. The van der Waals surface area contributed by atoms with E-state index in [9.17, 15) is 4.79 Å². The number of hydrogen-bond acceptors (Lipinski definition) is 4. The van der Waals surface area contributed by atoms with Gasteiger partial charge in [0, 0.05) is 11.1 Å².